The summed E-state index contributed by atoms with van der Waals surface area (Å²) in [6, 6.07) is 0.962. The molecule has 30 heavy (non-hydrogen) atoms. The Hall–Kier alpha value is -3.43. The highest BCUT2D eigenvalue weighted by Gasteiger charge is 2.51. The molecule has 0 saturated heterocycles. The number of Topliss-reactive ketones (excluding diaryl/α,β-unsaturated/α-hetero) is 1. The fourth-order valence-corrected chi connectivity index (χ4v) is 3.18. The van der Waals surface area contributed by atoms with E-state index >= 15 is 0 Å². The van der Waals surface area contributed by atoms with Gasteiger partial charge in [-0.2, -0.15) is 0 Å². The van der Waals surface area contributed by atoms with Crippen LogP contribution in [0.4, 0.5) is 0 Å². The fraction of sp³-hybridized carbons (Fsp3) is 0.286. The van der Waals surface area contributed by atoms with E-state index < -0.39 is 40.1 Å². The van der Waals surface area contributed by atoms with Gasteiger partial charge < -0.3 is 19.7 Å². The molecule has 2 unspecified atom stereocenters. The average molecular weight is 416 g/mol. The third kappa shape index (κ3) is 3.72. The summed E-state index contributed by atoms with van der Waals surface area (Å²) in [6.07, 6.45) is 1.89. The van der Waals surface area contributed by atoms with Crippen LogP contribution in [0.2, 0.25) is 0 Å². The van der Waals surface area contributed by atoms with Crippen LogP contribution in [0.3, 0.4) is 0 Å². The van der Waals surface area contributed by atoms with Crippen molar-refractivity contribution < 1.29 is 43.7 Å². The molecule has 1 aromatic carbocycles. The zero-order chi connectivity index (χ0) is 22.5. The summed E-state index contributed by atoms with van der Waals surface area (Å²) < 4.78 is 10.7. The van der Waals surface area contributed by atoms with Crippen LogP contribution >= 0.6 is 0 Å². The van der Waals surface area contributed by atoms with E-state index in [-0.39, 0.29) is 48.8 Å². The van der Waals surface area contributed by atoms with Gasteiger partial charge in [-0.15, -0.1) is 0 Å². The second kappa shape index (κ2) is 9.38. The van der Waals surface area contributed by atoms with Gasteiger partial charge in [0.15, 0.2) is 29.7 Å². The van der Waals surface area contributed by atoms with E-state index in [1.54, 1.807) is 6.92 Å². The lowest BCUT2D eigenvalue weighted by molar-refractivity contribution is -0.109. The molecule has 9 nitrogen and oxygen atoms in total. The summed E-state index contributed by atoms with van der Waals surface area (Å²) in [4.78, 5) is 59.3. The molecule has 1 aromatic rings. The van der Waals surface area contributed by atoms with Gasteiger partial charge in [0.05, 0.1) is 17.7 Å². The van der Waals surface area contributed by atoms with Crippen molar-refractivity contribution in [3.05, 3.63) is 46.1 Å². The predicted molar refractivity (Wildman–Crippen MR) is 103 cm³/mol. The van der Waals surface area contributed by atoms with Crippen LogP contribution in [0.1, 0.15) is 44.9 Å². The molecule has 0 spiro atoms. The number of carbonyl (C=O) groups is 5. The van der Waals surface area contributed by atoms with Crippen LogP contribution in [0.5, 0.6) is 11.5 Å². The Morgan fingerprint density at radius 1 is 1.07 bits per heavy atom. The second-order valence-corrected chi connectivity index (χ2v) is 6.25. The van der Waals surface area contributed by atoms with E-state index in [0.29, 0.717) is 6.29 Å². The molecule has 1 aliphatic carbocycles. The molecule has 2 atom stereocenters. The molecule has 0 radical (unpaired) electrons. The van der Waals surface area contributed by atoms with Crippen LogP contribution in [-0.4, -0.2) is 66.1 Å². The highest BCUT2D eigenvalue weighted by molar-refractivity contribution is 6.15. The molecule has 0 saturated carbocycles. The average Bonchev–Trinajstić information content (AvgIpc) is 2.75. The summed E-state index contributed by atoms with van der Waals surface area (Å²) in [6.45, 7) is 3.08. The molecule has 2 N–H and O–H groups in total. The standard InChI is InChI=1S/C21H20O9/c1-3-29-16-6-12(8-22)5-15(11-25)21(16,28)20(27)17-13(9-23)7-14(10-24)18(26)19(17)30-4-2/h5-11,16,26,28H,3-4H2,1-2H3. The van der Waals surface area contributed by atoms with E-state index in [2.05, 4.69) is 0 Å². The minimum absolute atomic E-state index is 0.00724. The van der Waals surface area contributed by atoms with Gasteiger partial charge in [-0.25, -0.2) is 0 Å². The van der Waals surface area contributed by atoms with Gasteiger partial charge in [-0.3, -0.25) is 24.0 Å². The van der Waals surface area contributed by atoms with Crippen LogP contribution in [0.15, 0.2) is 29.4 Å². The largest absolute Gasteiger partial charge is 0.504 e. The van der Waals surface area contributed by atoms with Gasteiger partial charge in [-0.1, -0.05) is 0 Å². The maximum absolute atomic E-state index is 13.5. The highest BCUT2D eigenvalue weighted by Crippen LogP contribution is 2.41. The lowest BCUT2D eigenvalue weighted by Crippen LogP contribution is -2.53. The number of phenolic OH excluding ortho intramolecular Hbond substituents is 1. The smallest absolute Gasteiger partial charge is 0.206 e. The number of rotatable bonds is 10. The molecular formula is C21H20O9. The van der Waals surface area contributed by atoms with E-state index in [4.69, 9.17) is 9.47 Å². The van der Waals surface area contributed by atoms with Crippen molar-refractivity contribution in [2.45, 2.75) is 25.6 Å². The van der Waals surface area contributed by atoms with Gasteiger partial charge in [0.25, 0.3) is 0 Å². The van der Waals surface area contributed by atoms with Gasteiger partial charge in [0, 0.05) is 23.3 Å². The molecule has 0 aliphatic heterocycles. The quantitative estimate of drug-likeness (QED) is 0.421. The van der Waals surface area contributed by atoms with Crippen molar-refractivity contribution in [3.8, 4) is 11.5 Å². The minimum Gasteiger partial charge on any atom is -0.504 e. The number of hydrogen-bond acceptors (Lipinski definition) is 9. The predicted octanol–water partition coefficient (Wildman–Crippen LogP) is 0.999. The number of phenols is 1. The first-order valence-corrected chi connectivity index (χ1v) is 9.00. The van der Waals surface area contributed by atoms with Crippen molar-refractivity contribution in [3.63, 3.8) is 0 Å². The molecular weight excluding hydrogens is 396 g/mol. The van der Waals surface area contributed by atoms with Crippen LogP contribution in [0.25, 0.3) is 0 Å². The van der Waals surface area contributed by atoms with Crippen LogP contribution in [0, 0.1) is 0 Å². The molecule has 0 heterocycles. The number of ketones is 1. The van der Waals surface area contributed by atoms with E-state index in [1.165, 1.54) is 13.0 Å². The van der Waals surface area contributed by atoms with E-state index in [1.807, 2.05) is 0 Å². The normalized spacial score (nSPS) is 20.6. The van der Waals surface area contributed by atoms with Crippen molar-refractivity contribution >= 4 is 30.9 Å². The Morgan fingerprint density at radius 3 is 2.23 bits per heavy atom. The minimum atomic E-state index is -2.62. The monoisotopic (exact) mass is 416 g/mol. The Labute approximate surface area is 171 Å². The van der Waals surface area contributed by atoms with Gasteiger partial charge in [0.2, 0.25) is 5.78 Å². The molecule has 0 amide bonds. The molecule has 1 aliphatic rings. The Bertz CT molecular complexity index is 958. The summed E-state index contributed by atoms with van der Waals surface area (Å²) in [7, 11) is 0. The second-order valence-electron chi connectivity index (χ2n) is 6.25. The topological polar surface area (TPSA) is 144 Å². The number of allylic oxidation sites excluding steroid dienone is 2. The molecule has 0 bridgehead atoms. The first-order valence-electron chi connectivity index (χ1n) is 9.00. The van der Waals surface area contributed by atoms with Crippen molar-refractivity contribution in [2.24, 2.45) is 0 Å². The molecule has 9 heteroatoms. The number of aldehydes is 4. The van der Waals surface area contributed by atoms with Crippen molar-refractivity contribution in [2.75, 3.05) is 13.2 Å². The van der Waals surface area contributed by atoms with Gasteiger partial charge in [-0.05, 0) is 32.1 Å². The maximum atomic E-state index is 13.5. The summed E-state index contributed by atoms with van der Waals surface area (Å²) in [5, 5.41) is 21.7. The first kappa shape index (κ1) is 22.9. The van der Waals surface area contributed by atoms with E-state index in [0.717, 1.165) is 12.1 Å². The van der Waals surface area contributed by atoms with Crippen LogP contribution in [-0.2, 0) is 14.3 Å². The number of aliphatic hydroxyl groups is 1. The number of ether oxygens (including phenoxy) is 2. The number of carbonyl (C=O) groups excluding carboxylic acids is 5. The van der Waals surface area contributed by atoms with Crippen molar-refractivity contribution in [1.29, 1.82) is 0 Å². The molecule has 0 fully saturated rings. The van der Waals surface area contributed by atoms with E-state index in [9.17, 15) is 34.2 Å². The van der Waals surface area contributed by atoms with Gasteiger partial charge >= 0.3 is 0 Å². The fourth-order valence-electron chi connectivity index (χ4n) is 3.18. The maximum Gasteiger partial charge on any atom is 0.206 e. The lowest BCUT2D eigenvalue weighted by atomic mass is 9.76. The zero-order valence-electron chi connectivity index (χ0n) is 16.3. The Kier molecular flexibility index (Phi) is 7.14. The SMILES string of the molecule is CCOc1c(O)c(C=O)cc(C=O)c1C(=O)C1(O)C(C=O)=CC(C=O)=CC1OCC. The highest BCUT2D eigenvalue weighted by atomic mass is 16.5. The Morgan fingerprint density at radius 2 is 1.73 bits per heavy atom. The molecule has 158 valence electrons. The molecule has 2 rings (SSSR count). The molecule has 0 aromatic heterocycles. The van der Waals surface area contributed by atoms with Crippen molar-refractivity contribution in [1.82, 2.24) is 0 Å². The Balaban J connectivity index is 2.83. The zero-order valence-corrected chi connectivity index (χ0v) is 16.3. The number of benzene rings is 1. The lowest BCUT2D eigenvalue weighted by Gasteiger charge is -2.36. The number of aromatic hydroxyl groups is 1. The first-order chi connectivity index (χ1) is 14.3. The third-order valence-corrected chi connectivity index (χ3v) is 4.56. The third-order valence-electron chi connectivity index (χ3n) is 4.56. The summed E-state index contributed by atoms with van der Waals surface area (Å²) >= 11 is 0. The summed E-state index contributed by atoms with van der Waals surface area (Å²) in [5.74, 6) is -2.37. The van der Waals surface area contributed by atoms with Gasteiger partial charge in [0.1, 0.15) is 18.7 Å². The number of hydrogen-bond donors (Lipinski definition) is 2. The summed E-state index contributed by atoms with van der Waals surface area (Å²) in [5.41, 5.74) is -4.27. The van der Waals surface area contributed by atoms with Crippen LogP contribution < -0.4 is 4.74 Å².